The summed E-state index contributed by atoms with van der Waals surface area (Å²) in [5.41, 5.74) is 0.683. The predicted octanol–water partition coefficient (Wildman–Crippen LogP) is 4.82. The van der Waals surface area contributed by atoms with E-state index >= 15 is 0 Å². The molecule has 1 saturated heterocycles. The maximum atomic E-state index is 2.97. The molecule has 4 heteroatoms. The normalized spacial score (nSPS) is 21.5. The van der Waals surface area contributed by atoms with Crippen molar-refractivity contribution in [3.63, 3.8) is 0 Å². The molecule has 0 aromatic rings. The maximum absolute atomic E-state index is 2.97. The van der Waals surface area contributed by atoms with Crippen LogP contribution in [0.25, 0.3) is 0 Å². The summed E-state index contributed by atoms with van der Waals surface area (Å²) in [5.74, 6) is 0. The zero-order valence-electron chi connectivity index (χ0n) is 17.5. The zero-order valence-corrected chi connectivity index (χ0v) is 20.4. The summed E-state index contributed by atoms with van der Waals surface area (Å²) < 4.78 is 8.82. The number of hydrogen-bond donors (Lipinski definition) is 0. The van der Waals surface area contributed by atoms with Crippen molar-refractivity contribution in [3.8, 4) is 0 Å². The summed E-state index contributed by atoms with van der Waals surface area (Å²) in [6.07, 6.45) is 5.00. The van der Waals surface area contributed by atoms with Gasteiger partial charge in [-0.2, -0.15) is 0 Å². The molecule has 1 fully saturated rings. The van der Waals surface area contributed by atoms with Crippen LogP contribution in [0.5, 0.6) is 0 Å². The van der Waals surface area contributed by atoms with Crippen LogP contribution >= 0.6 is 0 Å². The molecule has 0 spiro atoms. The second-order valence-electron chi connectivity index (χ2n) is 8.55. The fraction of sp³-hybridized carbons (Fsp3) is 1.00. The van der Waals surface area contributed by atoms with E-state index in [1.54, 1.807) is 0 Å². The Labute approximate surface area is 154 Å². The van der Waals surface area contributed by atoms with Gasteiger partial charge in [-0.05, 0) is 0 Å². The standard InChI is InChI=1S/C11H24N2.C8H18N.Sn/c1-7-10(3,4)12-9-13-11(5,6)8-2;1-5-7(3)9-8(4)6-2;/h7-9H2,1-6H3;7-8H,5-6H2,1-4H3;/q-2;-1;+3. The molecule has 3 nitrogen and oxygen atoms in total. The van der Waals surface area contributed by atoms with Crippen LogP contribution in [-0.4, -0.2) is 59.8 Å². The van der Waals surface area contributed by atoms with Crippen molar-refractivity contribution >= 4 is 20.6 Å². The number of hydrogen-bond acceptors (Lipinski definition) is 3. The first-order valence-corrected chi connectivity index (χ1v) is 13.6. The van der Waals surface area contributed by atoms with Gasteiger partial charge in [-0.25, -0.2) is 0 Å². The van der Waals surface area contributed by atoms with Crippen LogP contribution in [-0.2, 0) is 0 Å². The molecule has 1 heterocycles. The molecule has 0 aromatic carbocycles. The van der Waals surface area contributed by atoms with Gasteiger partial charge in [0.1, 0.15) is 0 Å². The van der Waals surface area contributed by atoms with Crippen LogP contribution in [0.15, 0.2) is 0 Å². The minimum absolute atomic E-state index is 0.342. The molecule has 0 amide bonds. The Morgan fingerprint density at radius 1 is 0.826 bits per heavy atom. The van der Waals surface area contributed by atoms with Gasteiger partial charge in [0, 0.05) is 0 Å². The summed E-state index contributed by atoms with van der Waals surface area (Å²) in [5, 5.41) is 0. The van der Waals surface area contributed by atoms with Crippen molar-refractivity contribution in [3.05, 3.63) is 0 Å². The van der Waals surface area contributed by atoms with Crippen molar-refractivity contribution in [2.45, 2.75) is 118 Å². The third-order valence-electron chi connectivity index (χ3n) is 6.32. The second-order valence-corrected chi connectivity index (χ2v) is 14.8. The van der Waals surface area contributed by atoms with Crippen LogP contribution in [0.3, 0.4) is 0 Å². The molecule has 23 heavy (non-hydrogen) atoms. The van der Waals surface area contributed by atoms with Crippen molar-refractivity contribution in [2.75, 3.05) is 6.67 Å². The molecule has 1 rings (SSSR count). The third-order valence-corrected chi connectivity index (χ3v) is 17.2. The molecule has 1 aliphatic rings. The zero-order chi connectivity index (χ0) is 18.0. The summed E-state index contributed by atoms with van der Waals surface area (Å²) in [6.45, 7) is 25.3. The number of rotatable bonds is 9. The third kappa shape index (κ3) is 4.45. The molecule has 2 unspecified atom stereocenters. The summed E-state index contributed by atoms with van der Waals surface area (Å²) in [7, 11) is 0. The quantitative estimate of drug-likeness (QED) is 0.485. The molecular formula is C19H42N3Sn. The van der Waals surface area contributed by atoms with E-state index in [1.165, 1.54) is 32.4 Å². The van der Waals surface area contributed by atoms with E-state index < -0.39 is 20.6 Å². The van der Waals surface area contributed by atoms with E-state index in [9.17, 15) is 0 Å². The van der Waals surface area contributed by atoms with Gasteiger partial charge in [0.25, 0.3) is 0 Å². The molecule has 0 N–H and O–H groups in total. The molecule has 0 bridgehead atoms. The minimum atomic E-state index is -2.00. The van der Waals surface area contributed by atoms with Gasteiger partial charge in [0.05, 0.1) is 0 Å². The Morgan fingerprint density at radius 2 is 1.17 bits per heavy atom. The van der Waals surface area contributed by atoms with E-state index in [0.717, 1.165) is 0 Å². The first kappa shape index (κ1) is 21.7. The van der Waals surface area contributed by atoms with Gasteiger partial charge < -0.3 is 0 Å². The van der Waals surface area contributed by atoms with Crippen LogP contribution in [0.1, 0.15) is 94.9 Å². The Morgan fingerprint density at radius 3 is 1.43 bits per heavy atom. The summed E-state index contributed by atoms with van der Waals surface area (Å²) in [4.78, 5) is 0. The van der Waals surface area contributed by atoms with E-state index in [1.807, 2.05) is 0 Å². The molecule has 0 saturated carbocycles. The van der Waals surface area contributed by atoms with Crippen LogP contribution in [0, 0.1) is 0 Å². The van der Waals surface area contributed by atoms with E-state index in [0.29, 0.717) is 23.2 Å². The predicted molar refractivity (Wildman–Crippen MR) is 104 cm³/mol. The van der Waals surface area contributed by atoms with Crippen molar-refractivity contribution in [1.29, 1.82) is 0 Å². The molecule has 2 atom stereocenters. The Kier molecular flexibility index (Phi) is 7.91. The molecule has 1 radical (unpaired) electrons. The van der Waals surface area contributed by atoms with Gasteiger partial charge in [0.2, 0.25) is 0 Å². The summed E-state index contributed by atoms with van der Waals surface area (Å²) >= 11 is -2.00. The van der Waals surface area contributed by atoms with E-state index in [-0.39, 0.29) is 0 Å². The first-order chi connectivity index (χ1) is 10.6. The Balaban J connectivity index is 3.21. The fourth-order valence-electron chi connectivity index (χ4n) is 3.14. The van der Waals surface area contributed by atoms with Crippen molar-refractivity contribution in [2.24, 2.45) is 0 Å². The average molecular weight is 431 g/mol. The molecular weight excluding hydrogens is 389 g/mol. The van der Waals surface area contributed by atoms with Gasteiger partial charge in [-0.3, -0.25) is 0 Å². The van der Waals surface area contributed by atoms with Crippen LogP contribution < -0.4 is 0 Å². The van der Waals surface area contributed by atoms with Crippen molar-refractivity contribution < 1.29 is 0 Å². The van der Waals surface area contributed by atoms with E-state index in [2.05, 4.69) is 78.6 Å². The molecule has 0 aromatic heterocycles. The Bertz CT molecular complexity index is 338. The van der Waals surface area contributed by atoms with Crippen LogP contribution in [0.4, 0.5) is 0 Å². The molecule has 0 aliphatic carbocycles. The van der Waals surface area contributed by atoms with Gasteiger partial charge in [0.15, 0.2) is 0 Å². The monoisotopic (exact) mass is 432 g/mol. The first-order valence-electron chi connectivity index (χ1n) is 9.77. The molecule has 137 valence electrons. The van der Waals surface area contributed by atoms with Gasteiger partial charge in [-0.15, -0.1) is 0 Å². The number of nitrogens with zero attached hydrogens (tertiary/aromatic N) is 3. The molecule has 1 aliphatic heterocycles. The Hall–Kier alpha value is 0.679. The van der Waals surface area contributed by atoms with Gasteiger partial charge in [-0.1, -0.05) is 0 Å². The van der Waals surface area contributed by atoms with Gasteiger partial charge >= 0.3 is 155 Å². The average Bonchev–Trinajstić information content (AvgIpc) is 2.49. The van der Waals surface area contributed by atoms with Crippen LogP contribution in [0.2, 0.25) is 0 Å². The second kappa shape index (κ2) is 8.37. The SMILES string of the molecule is CCC(C)[N](C(C)CC)[Sn]1[N](C(C)(C)CC)C[N]1C(C)(C)CC. The topological polar surface area (TPSA) is 9.72 Å². The summed E-state index contributed by atoms with van der Waals surface area (Å²) in [6, 6.07) is 1.40. The van der Waals surface area contributed by atoms with E-state index in [4.69, 9.17) is 0 Å². The van der Waals surface area contributed by atoms with Crippen molar-refractivity contribution in [1.82, 2.24) is 9.36 Å². The fourth-order valence-corrected chi connectivity index (χ4v) is 13.7.